The smallest absolute Gasteiger partial charge is 0.255 e. The molecule has 0 unspecified atom stereocenters. The maximum absolute atomic E-state index is 13.2. The minimum atomic E-state index is -3.16. The Labute approximate surface area is 195 Å². The first-order valence-electron chi connectivity index (χ1n) is 11.2. The second kappa shape index (κ2) is 9.49. The van der Waals surface area contributed by atoms with Crippen LogP contribution in [0.4, 0.5) is 0 Å². The SMILES string of the molecule is Cc1ccc(-c2nn(-c3ccccc3)cc2C(=O)NCC2CCN(S(C)(=O)=O)CC2)cc1C. The van der Waals surface area contributed by atoms with Crippen LogP contribution in [0.15, 0.2) is 54.7 Å². The van der Waals surface area contributed by atoms with Gasteiger partial charge < -0.3 is 5.32 Å². The molecule has 33 heavy (non-hydrogen) atoms. The van der Waals surface area contributed by atoms with Crippen LogP contribution in [0.1, 0.15) is 34.3 Å². The largest absolute Gasteiger partial charge is 0.352 e. The van der Waals surface area contributed by atoms with Gasteiger partial charge in [-0.05, 0) is 61.9 Å². The van der Waals surface area contributed by atoms with E-state index in [0.29, 0.717) is 30.9 Å². The topological polar surface area (TPSA) is 84.3 Å². The molecule has 1 aliphatic rings. The Balaban J connectivity index is 1.55. The second-order valence-corrected chi connectivity index (χ2v) is 10.8. The van der Waals surface area contributed by atoms with E-state index in [9.17, 15) is 13.2 Å². The maximum atomic E-state index is 13.2. The number of carbonyl (C=O) groups is 1. The van der Waals surface area contributed by atoms with Crippen molar-refractivity contribution in [2.75, 3.05) is 25.9 Å². The number of amides is 1. The molecule has 2 aromatic carbocycles. The lowest BCUT2D eigenvalue weighted by Gasteiger charge is -2.30. The molecule has 1 N–H and O–H groups in total. The van der Waals surface area contributed by atoms with Crippen LogP contribution >= 0.6 is 0 Å². The first kappa shape index (κ1) is 23.2. The summed E-state index contributed by atoms with van der Waals surface area (Å²) in [6, 6.07) is 15.8. The standard InChI is InChI=1S/C25H30N4O3S/c1-18-9-10-21(15-19(18)2)24-23(17-29(27-24)22-7-5-4-6-8-22)25(30)26-16-20-11-13-28(14-12-20)33(3,31)32/h4-10,15,17,20H,11-14,16H2,1-3H3,(H,26,30). The Bertz CT molecular complexity index is 1240. The lowest BCUT2D eigenvalue weighted by Crippen LogP contribution is -2.41. The molecule has 1 aromatic heterocycles. The summed E-state index contributed by atoms with van der Waals surface area (Å²) >= 11 is 0. The molecule has 2 heterocycles. The molecule has 0 spiro atoms. The first-order chi connectivity index (χ1) is 15.7. The van der Waals surface area contributed by atoms with Crippen LogP contribution in [0.5, 0.6) is 0 Å². The first-order valence-corrected chi connectivity index (χ1v) is 13.0. The fraction of sp³-hybridized carbons (Fsp3) is 0.360. The normalized spacial score (nSPS) is 15.5. The number of benzene rings is 2. The number of nitrogens with one attached hydrogen (secondary N) is 1. The van der Waals surface area contributed by atoms with Crippen molar-refractivity contribution >= 4 is 15.9 Å². The second-order valence-electron chi connectivity index (χ2n) is 8.79. The third-order valence-corrected chi connectivity index (χ3v) is 7.66. The number of carbonyl (C=O) groups excluding carboxylic acids is 1. The summed E-state index contributed by atoms with van der Waals surface area (Å²) in [5.41, 5.74) is 5.29. The van der Waals surface area contributed by atoms with Crippen molar-refractivity contribution in [2.24, 2.45) is 5.92 Å². The number of hydrogen-bond acceptors (Lipinski definition) is 4. The third kappa shape index (κ3) is 5.34. The molecule has 4 rings (SSSR count). The molecule has 1 saturated heterocycles. The summed E-state index contributed by atoms with van der Waals surface area (Å²) in [6.07, 6.45) is 4.50. The van der Waals surface area contributed by atoms with Crippen molar-refractivity contribution in [3.05, 3.63) is 71.4 Å². The van der Waals surface area contributed by atoms with Gasteiger partial charge in [0.2, 0.25) is 10.0 Å². The number of hydrogen-bond donors (Lipinski definition) is 1. The van der Waals surface area contributed by atoms with Crippen molar-refractivity contribution < 1.29 is 13.2 Å². The van der Waals surface area contributed by atoms with E-state index in [-0.39, 0.29) is 11.8 Å². The summed E-state index contributed by atoms with van der Waals surface area (Å²) < 4.78 is 26.7. The van der Waals surface area contributed by atoms with Crippen LogP contribution in [-0.2, 0) is 10.0 Å². The molecular weight excluding hydrogens is 436 g/mol. The van der Waals surface area contributed by atoms with Gasteiger partial charge in [0.1, 0.15) is 5.69 Å². The molecule has 8 heteroatoms. The summed E-state index contributed by atoms with van der Waals surface area (Å²) in [5, 5.41) is 7.82. The van der Waals surface area contributed by atoms with Crippen molar-refractivity contribution in [3.8, 4) is 16.9 Å². The number of rotatable bonds is 6. The summed E-state index contributed by atoms with van der Waals surface area (Å²) in [6.45, 7) is 5.62. The molecule has 7 nitrogen and oxygen atoms in total. The lowest BCUT2D eigenvalue weighted by atomic mass is 9.98. The molecule has 0 radical (unpaired) electrons. The number of sulfonamides is 1. The molecule has 1 aliphatic heterocycles. The van der Waals surface area contributed by atoms with Gasteiger partial charge in [-0.1, -0.05) is 30.3 Å². The summed E-state index contributed by atoms with van der Waals surface area (Å²) in [7, 11) is -3.16. The fourth-order valence-corrected chi connectivity index (χ4v) is 5.01. The van der Waals surface area contributed by atoms with E-state index in [4.69, 9.17) is 5.10 Å². The number of para-hydroxylation sites is 1. The molecule has 174 valence electrons. The molecular formula is C25H30N4O3S. The zero-order valence-electron chi connectivity index (χ0n) is 19.3. The van der Waals surface area contributed by atoms with Crippen molar-refractivity contribution in [1.29, 1.82) is 0 Å². The monoisotopic (exact) mass is 466 g/mol. The van der Waals surface area contributed by atoms with Gasteiger partial charge in [-0.25, -0.2) is 17.4 Å². The Kier molecular flexibility index (Phi) is 6.67. The predicted molar refractivity (Wildman–Crippen MR) is 130 cm³/mol. The maximum Gasteiger partial charge on any atom is 0.255 e. The highest BCUT2D eigenvalue weighted by molar-refractivity contribution is 7.88. The van der Waals surface area contributed by atoms with Crippen LogP contribution < -0.4 is 5.32 Å². The molecule has 0 saturated carbocycles. The van der Waals surface area contributed by atoms with Crippen LogP contribution in [0.2, 0.25) is 0 Å². The van der Waals surface area contributed by atoms with Crippen LogP contribution in [0, 0.1) is 19.8 Å². The third-order valence-electron chi connectivity index (χ3n) is 6.35. The minimum Gasteiger partial charge on any atom is -0.352 e. The lowest BCUT2D eigenvalue weighted by molar-refractivity contribution is 0.0942. The van der Waals surface area contributed by atoms with Crippen molar-refractivity contribution in [3.63, 3.8) is 0 Å². The average molecular weight is 467 g/mol. The molecule has 0 bridgehead atoms. The summed E-state index contributed by atoms with van der Waals surface area (Å²) in [5.74, 6) is 0.0807. The van der Waals surface area contributed by atoms with Gasteiger partial charge in [0.15, 0.2) is 0 Å². The van der Waals surface area contributed by atoms with Gasteiger partial charge in [0.05, 0.1) is 17.5 Å². The summed E-state index contributed by atoms with van der Waals surface area (Å²) in [4.78, 5) is 13.2. The highest BCUT2D eigenvalue weighted by Crippen LogP contribution is 2.26. The minimum absolute atomic E-state index is 0.170. The van der Waals surface area contributed by atoms with Gasteiger partial charge in [-0.3, -0.25) is 4.79 Å². The van der Waals surface area contributed by atoms with E-state index in [1.54, 1.807) is 10.9 Å². The van der Waals surface area contributed by atoms with Crippen LogP contribution in [0.25, 0.3) is 16.9 Å². The van der Waals surface area contributed by atoms with Gasteiger partial charge in [-0.2, -0.15) is 5.10 Å². The Morgan fingerprint density at radius 3 is 2.39 bits per heavy atom. The Morgan fingerprint density at radius 1 is 1.06 bits per heavy atom. The zero-order valence-corrected chi connectivity index (χ0v) is 20.1. The molecule has 1 fully saturated rings. The highest BCUT2D eigenvalue weighted by Gasteiger charge is 2.26. The number of piperidine rings is 1. The number of aromatic nitrogens is 2. The van der Waals surface area contributed by atoms with Crippen LogP contribution in [-0.4, -0.2) is 54.3 Å². The highest BCUT2D eigenvalue weighted by atomic mass is 32.2. The van der Waals surface area contributed by atoms with Gasteiger partial charge in [-0.15, -0.1) is 0 Å². The zero-order chi connectivity index (χ0) is 23.6. The van der Waals surface area contributed by atoms with Crippen molar-refractivity contribution in [2.45, 2.75) is 26.7 Å². The van der Waals surface area contributed by atoms with Crippen molar-refractivity contribution in [1.82, 2.24) is 19.4 Å². The molecule has 1 amide bonds. The van der Waals surface area contributed by atoms with E-state index in [2.05, 4.69) is 25.2 Å². The number of nitrogens with zero attached hydrogens (tertiary/aromatic N) is 3. The Morgan fingerprint density at radius 2 is 1.76 bits per heavy atom. The molecule has 0 atom stereocenters. The van der Waals surface area contributed by atoms with E-state index in [1.807, 2.05) is 42.5 Å². The van der Waals surface area contributed by atoms with Gasteiger partial charge in [0.25, 0.3) is 5.91 Å². The van der Waals surface area contributed by atoms with E-state index in [1.165, 1.54) is 16.1 Å². The van der Waals surface area contributed by atoms with E-state index in [0.717, 1.165) is 29.7 Å². The fourth-order valence-electron chi connectivity index (χ4n) is 4.13. The quantitative estimate of drug-likeness (QED) is 0.602. The predicted octanol–water partition coefficient (Wildman–Crippen LogP) is 3.56. The van der Waals surface area contributed by atoms with Crippen LogP contribution in [0.3, 0.4) is 0 Å². The van der Waals surface area contributed by atoms with Gasteiger partial charge in [0, 0.05) is 31.4 Å². The molecule has 3 aromatic rings. The van der Waals surface area contributed by atoms with Gasteiger partial charge >= 0.3 is 0 Å². The number of aryl methyl sites for hydroxylation is 2. The van der Waals surface area contributed by atoms with E-state index >= 15 is 0 Å². The van der Waals surface area contributed by atoms with E-state index < -0.39 is 10.0 Å². The molecule has 0 aliphatic carbocycles. The average Bonchev–Trinajstić information content (AvgIpc) is 3.25. The Hall–Kier alpha value is -2.97.